The standard InChI is InChI=1S/C18H22N2O4/c1-23-17(21)16-11-15(19-9-5-6-10-19)12-20(16)18(22)24-13-14-7-3-2-4-8-14/h2-4,7-8,11,16H,5-6,9-10,12-13H2,1H3. The summed E-state index contributed by atoms with van der Waals surface area (Å²) in [5, 5.41) is 0. The van der Waals surface area contributed by atoms with Crippen molar-refractivity contribution in [1.29, 1.82) is 0 Å². The van der Waals surface area contributed by atoms with Crippen LogP contribution >= 0.6 is 0 Å². The zero-order chi connectivity index (χ0) is 16.9. The number of likely N-dealkylation sites (tertiary alicyclic amines) is 1. The van der Waals surface area contributed by atoms with E-state index in [0.29, 0.717) is 6.54 Å². The molecular weight excluding hydrogens is 308 g/mol. The van der Waals surface area contributed by atoms with E-state index >= 15 is 0 Å². The van der Waals surface area contributed by atoms with Crippen LogP contribution in [0.25, 0.3) is 0 Å². The maximum Gasteiger partial charge on any atom is 0.411 e. The average molecular weight is 330 g/mol. The van der Waals surface area contributed by atoms with Gasteiger partial charge in [-0.15, -0.1) is 0 Å². The van der Waals surface area contributed by atoms with E-state index in [1.807, 2.05) is 36.4 Å². The normalized spacial score (nSPS) is 20.0. The van der Waals surface area contributed by atoms with E-state index < -0.39 is 18.1 Å². The Morgan fingerprint density at radius 3 is 2.54 bits per heavy atom. The highest BCUT2D eigenvalue weighted by Crippen LogP contribution is 2.25. The highest BCUT2D eigenvalue weighted by molar-refractivity contribution is 5.84. The van der Waals surface area contributed by atoms with E-state index in [0.717, 1.165) is 37.2 Å². The molecule has 2 aliphatic rings. The first-order valence-electron chi connectivity index (χ1n) is 8.20. The number of carbonyl (C=O) groups is 2. The molecule has 1 amide bonds. The summed E-state index contributed by atoms with van der Waals surface area (Å²) in [5.74, 6) is -0.444. The molecule has 24 heavy (non-hydrogen) atoms. The van der Waals surface area contributed by atoms with Gasteiger partial charge in [0.1, 0.15) is 6.61 Å². The lowest BCUT2D eigenvalue weighted by Gasteiger charge is -2.24. The quantitative estimate of drug-likeness (QED) is 0.792. The molecular formula is C18H22N2O4. The van der Waals surface area contributed by atoms with E-state index in [9.17, 15) is 9.59 Å². The lowest BCUT2D eigenvalue weighted by molar-refractivity contribution is -0.144. The van der Waals surface area contributed by atoms with Crippen LogP contribution in [0.4, 0.5) is 4.79 Å². The van der Waals surface area contributed by atoms with Gasteiger partial charge in [-0.3, -0.25) is 4.90 Å². The molecule has 1 atom stereocenters. The summed E-state index contributed by atoms with van der Waals surface area (Å²) >= 11 is 0. The van der Waals surface area contributed by atoms with Gasteiger partial charge in [-0.25, -0.2) is 9.59 Å². The molecule has 0 N–H and O–H groups in total. The fraction of sp³-hybridized carbons (Fsp3) is 0.444. The van der Waals surface area contributed by atoms with E-state index in [1.165, 1.54) is 12.0 Å². The Kier molecular flexibility index (Phi) is 5.03. The summed E-state index contributed by atoms with van der Waals surface area (Å²) in [7, 11) is 1.33. The number of benzene rings is 1. The fourth-order valence-electron chi connectivity index (χ4n) is 3.10. The molecule has 6 nitrogen and oxygen atoms in total. The topological polar surface area (TPSA) is 59.1 Å². The second kappa shape index (κ2) is 7.38. The minimum absolute atomic E-state index is 0.184. The van der Waals surface area contributed by atoms with Crippen LogP contribution in [0.1, 0.15) is 18.4 Å². The van der Waals surface area contributed by atoms with Gasteiger partial charge in [0.25, 0.3) is 0 Å². The van der Waals surface area contributed by atoms with Gasteiger partial charge in [-0.2, -0.15) is 0 Å². The third kappa shape index (κ3) is 3.53. The van der Waals surface area contributed by atoms with Gasteiger partial charge in [0.15, 0.2) is 6.04 Å². The van der Waals surface area contributed by atoms with Gasteiger partial charge in [0, 0.05) is 18.8 Å². The minimum Gasteiger partial charge on any atom is -0.467 e. The Morgan fingerprint density at radius 1 is 1.17 bits per heavy atom. The Labute approximate surface area is 141 Å². The molecule has 1 fully saturated rings. The molecule has 0 saturated carbocycles. The summed E-state index contributed by atoms with van der Waals surface area (Å²) in [6.07, 6.45) is 3.60. The summed E-state index contributed by atoms with van der Waals surface area (Å²) in [6, 6.07) is 8.76. The highest BCUT2D eigenvalue weighted by Gasteiger charge is 2.37. The fourth-order valence-corrected chi connectivity index (χ4v) is 3.10. The zero-order valence-corrected chi connectivity index (χ0v) is 13.8. The summed E-state index contributed by atoms with van der Waals surface area (Å²) in [4.78, 5) is 28.1. The molecule has 0 spiro atoms. The van der Waals surface area contributed by atoms with Crippen molar-refractivity contribution in [2.75, 3.05) is 26.7 Å². The van der Waals surface area contributed by atoms with Crippen molar-refractivity contribution in [2.45, 2.75) is 25.5 Å². The van der Waals surface area contributed by atoms with Gasteiger partial charge in [0.2, 0.25) is 0 Å². The number of rotatable bonds is 4. The monoisotopic (exact) mass is 330 g/mol. The van der Waals surface area contributed by atoms with Gasteiger partial charge in [-0.1, -0.05) is 30.3 Å². The minimum atomic E-state index is -0.714. The Balaban J connectivity index is 1.66. The van der Waals surface area contributed by atoms with Crippen molar-refractivity contribution < 1.29 is 19.1 Å². The van der Waals surface area contributed by atoms with E-state index in [4.69, 9.17) is 9.47 Å². The van der Waals surface area contributed by atoms with Gasteiger partial charge in [0.05, 0.1) is 13.7 Å². The number of hydrogen-bond acceptors (Lipinski definition) is 5. The Morgan fingerprint density at radius 2 is 1.88 bits per heavy atom. The van der Waals surface area contributed by atoms with Crippen LogP contribution < -0.4 is 0 Å². The van der Waals surface area contributed by atoms with Crippen molar-refractivity contribution in [1.82, 2.24) is 9.80 Å². The SMILES string of the molecule is COC(=O)C1C=C(N2CCCC2)CN1C(=O)OCc1ccccc1. The number of amides is 1. The van der Waals surface area contributed by atoms with Gasteiger partial charge in [-0.05, 0) is 24.5 Å². The van der Waals surface area contributed by atoms with Crippen molar-refractivity contribution in [2.24, 2.45) is 0 Å². The molecule has 0 aliphatic carbocycles. The van der Waals surface area contributed by atoms with Gasteiger partial charge < -0.3 is 14.4 Å². The first-order chi connectivity index (χ1) is 11.7. The number of methoxy groups -OCH3 is 1. The smallest absolute Gasteiger partial charge is 0.411 e. The van der Waals surface area contributed by atoms with E-state index in [-0.39, 0.29) is 6.61 Å². The lowest BCUT2D eigenvalue weighted by atomic mass is 10.2. The largest absolute Gasteiger partial charge is 0.467 e. The number of ether oxygens (including phenoxy) is 2. The predicted octanol–water partition coefficient (Wildman–Crippen LogP) is 2.16. The molecule has 0 aromatic heterocycles. The Hall–Kier alpha value is -2.50. The van der Waals surface area contributed by atoms with Crippen molar-refractivity contribution >= 4 is 12.1 Å². The molecule has 2 heterocycles. The van der Waals surface area contributed by atoms with Crippen LogP contribution in [0.15, 0.2) is 42.1 Å². The van der Waals surface area contributed by atoms with Crippen molar-refractivity contribution in [3.63, 3.8) is 0 Å². The summed E-state index contributed by atoms with van der Waals surface area (Å²) < 4.78 is 10.2. The molecule has 0 bridgehead atoms. The van der Waals surface area contributed by atoms with Crippen LogP contribution in [-0.2, 0) is 20.9 Å². The van der Waals surface area contributed by atoms with E-state index in [2.05, 4.69) is 4.90 Å². The molecule has 2 aliphatic heterocycles. The number of nitrogens with zero attached hydrogens (tertiary/aromatic N) is 2. The summed E-state index contributed by atoms with van der Waals surface area (Å²) in [5.41, 5.74) is 1.91. The molecule has 1 aromatic carbocycles. The summed E-state index contributed by atoms with van der Waals surface area (Å²) in [6.45, 7) is 2.50. The zero-order valence-electron chi connectivity index (χ0n) is 13.8. The molecule has 128 valence electrons. The van der Waals surface area contributed by atoms with Crippen molar-refractivity contribution in [3.8, 4) is 0 Å². The van der Waals surface area contributed by atoms with Gasteiger partial charge >= 0.3 is 12.1 Å². The lowest BCUT2D eigenvalue weighted by Crippen LogP contribution is -2.42. The second-order valence-electron chi connectivity index (χ2n) is 5.99. The number of carbonyl (C=O) groups excluding carboxylic acids is 2. The number of hydrogen-bond donors (Lipinski definition) is 0. The first-order valence-corrected chi connectivity index (χ1v) is 8.20. The van der Waals surface area contributed by atoms with Crippen LogP contribution in [0.3, 0.4) is 0 Å². The molecule has 1 aromatic rings. The molecule has 0 radical (unpaired) electrons. The van der Waals surface area contributed by atoms with Crippen LogP contribution in [-0.4, -0.2) is 54.6 Å². The molecule has 6 heteroatoms. The third-order valence-electron chi connectivity index (χ3n) is 4.41. The van der Waals surface area contributed by atoms with Crippen molar-refractivity contribution in [3.05, 3.63) is 47.7 Å². The third-order valence-corrected chi connectivity index (χ3v) is 4.41. The van der Waals surface area contributed by atoms with E-state index in [1.54, 1.807) is 0 Å². The predicted molar refractivity (Wildman–Crippen MR) is 88.0 cm³/mol. The maximum absolute atomic E-state index is 12.5. The van der Waals surface area contributed by atoms with Crippen LogP contribution in [0, 0.1) is 0 Å². The molecule has 1 unspecified atom stereocenters. The molecule has 3 rings (SSSR count). The average Bonchev–Trinajstić information content (AvgIpc) is 3.29. The maximum atomic E-state index is 12.5. The first kappa shape index (κ1) is 16.4. The van der Waals surface area contributed by atoms with Crippen LogP contribution in [0.2, 0.25) is 0 Å². The highest BCUT2D eigenvalue weighted by atomic mass is 16.6. The Bertz CT molecular complexity index is 623. The molecule has 1 saturated heterocycles. The second-order valence-corrected chi connectivity index (χ2v) is 5.99. The van der Waals surface area contributed by atoms with Crippen LogP contribution in [0.5, 0.6) is 0 Å². The number of esters is 1.